The summed E-state index contributed by atoms with van der Waals surface area (Å²) < 4.78 is 0. The molecule has 1 aliphatic heterocycles. The van der Waals surface area contributed by atoms with Crippen LogP contribution >= 0.6 is 0 Å². The smallest absolute Gasteiger partial charge is 0.153 e. The molecule has 0 bridgehead atoms. The van der Waals surface area contributed by atoms with Crippen molar-refractivity contribution in [2.45, 2.75) is 12.5 Å². The summed E-state index contributed by atoms with van der Waals surface area (Å²) in [7, 11) is 0. The highest BCUT2D eigenvalue weighted by Crippen LogP contribution is 2.36. The maximum atomic E-state index is 9.45. The summed E-state index contributed by atoms with van der Waals surface area (Å²) in [6.07, 6.45) is 2.34. The fraction of sp³-hybridized carbons (Fsp3) is 0.0714. The van der Waals surface area contributed by atoms with Crippen molar-refractivity contribution in [3.05, 3.63) is 118 Å². The largest absolute Gasteiger partial charge is 0.396 e. The molecular formula is C28H20N6. The standard InChI is InChI=1S/C28H20N6/c29-17-23(28(32)24(18-30)19-31)15-20-11-13-25(14-12-20)34-27(22-9-5-2-6-10-22)16-26(33-34)21-7-3-1-4-8-21/h1-15,27H,16,32H2. The number of nitriles is 3. The second-order valence-electron chi connectivity index (χ2n) is 7.66. The van der Waals surface area contributed by atoms with Crippen molar-refractivity contribution in [1.29, 1.82) is 15.8 Å². The Bertz CT molecular complexity index is 1380. The quantitative estimate of drug-likeness (QED) is 0.432. The van der Waals surface area contributed by atoms with Crippen LogP contribution in [0.1, 0.15) is 29.2 Å². The van der Waals surface area contributed by atoms with Crippen molar-refractivity contribution in [2.75, 3.05) is 5.01 Å². The van der Waals surface area contributed by atoms with Crippen LogP contribution in [0.15, 0.2) is 107 Å². The summed E-state index contributed by atoms with van der Waals surface area (Å²) in [5.74, 6) is 0. The second-order valence-corrected chi connectivity index (χ2v) is 7.66. The predicted octanol–water partition coefficient (Wildman–Crippen LogP) is 5.21. The lowest BCUT2D eigenvalue weighted by Crippen LogP contribution is -2.18. The van der Waals surface area contributed by atoms with E-state index in [0.717, 1.165) is 28.9 Å². The summed E-state index contributed by atoms with van der Waals surface area (Å²) in [6.45, 7) is 0. The summed E-state index contributed by atoms with van der Waals surface area (Å²) >= 11 is 0. The van der Waals surface area contributed by atoms with Gasteiger partial charge in [-0.1, -0.05) is 72.8 Å². The molecule has 6 nitrogen and oxygen atoms in total. The van der Waals surface area contributed by atoms with Gasteiger partial charge in [0.25, 0.3) is 0 Å². The van der Waals surface area contributed by atoms with Crippen LogP contribution in [0.2, 0.25) is 0 Å². The highest BCUT2D eigenvalue weighted by Gasteiger charge is 2.29. The molecule has 1 atom stereocenters. The lowest BCUT2D eigenvalue weighted by atomic mass is 9.98. The van der Waals surface area contributed by atoms with Gasteiger partial charge in [-0.05, 0) is 34.9 Å². The summed E-state index contributed by atoms with van der Waals surface area (Å²) in [4.78, 5) is 0. The van der Waals surface area contributed by atoms with E-state index in [2.05, 4.69) is 24.3 Å². The number of benzene rings is 3. The molecule has 162 valence electrons. The van der Waals surface area contributed by atoms with Gasteiger partial charge in [0.15, 0.2) is 5.57 Å². The minimum atomic E-state index is -0.282. The topological polar surface area (TPSA) is 113 Å². The normalized spacial score (nSPS) is 15.0. The van der Waals surface area contributed by atoms with Gasteiger partial charge in [0.05, 0.1) is 28.7 Å². The van der Waals surface area contributed by atoms with Crippen molar-refractivity contribution in [3.63, 3.8) is 0 Å². The highest BCUT2D eigenvalue weighted by molar-refractivity contribution is 6.03. The first-order valence-corrected chi connectivity index (χ1v) is 10.6. The Hall–Kier alpha value is -5.12. The number of rotatable bonds is 5. The van der Waals surface area contributed by atoms with E-state index in [9.17, 15) is 5.26 Å². The number of nitrogens with zero attached hydrogens (tertiary/aromatic N) is 5. The van der Waals surface area contributed by atoms with Crippen LogP contribution in [0.25, 0.3) is 6.08 Å². The van der Waals surface area contributed by atoms with Gasteiger partial charge >= 0.3 is 0 Å². The second kappa shape index (κ2) is 10.0. The summed E-state index contributed by atoms with van der Waals surface area (Å²) in [5, 5.41) is 34.5. The predicted molar refractivity (Wildman–Crippen MR) is 132 cm³/mol. The fourth-order valence-corrected chi connectivity index (χ4v) is 3.83. The molecule has 0 aromatic heterocycles. The van der Waals surface area contributed by atoms with Gasteiger partial charge in [0, 0.05) is 6.42 Å². The third-order valence-electron chi connectivity index (χ3n) is 5.57. The first kappa shape index (κ1) is 22.1. The third kappa shape index (κ3) is 4.55. The molecule has 0 amide bonds. The van der Waals surface area contributed by atoms with E-state index in [1.165, 1.54) is 5.56 Å². The zero-order valence-corrected chi connectivity index (χ0v) is 18.3. The number of hydrazone groups is 1. The van der Waals surface area contributed by atoms with Gasteiger partial charge < -0.3 is 5.73 Å². The van der Waals surface area contributed by atoms with E-state index in [1.54, 1.807) is 18.2 Å². The fourth-order valence-electron chi connectivity index (χ4n) is 3.83. The molecule has 2 N–H and O–H groups in total. The van der Waals surface area contributed by atoms with E-state index >= 15 is 0 Å². The number of anilines is 1. The molecule has 0 aliphatic carbocycles. The monoisotopic (exact) mass is 440 g/mol. The maximum absolute atomic E-state index is 9.45. The molecule has 1 aliphatic rings. The zero-order valence-electron chi connectivity index (χ0n) is 18.3. The molecule has 0 fully saturated rings. The zero-order chi connectivity index (χ0) is 23.9. The summed E-state index contributed by atoms with van der Waals surface area (Å²) in [5.41, 5.74) is 10.4. The Morgan fingerprint density at radius 1 is 0.853 bits per heavy atom. The van der Waals surface area contributed by atoms with Crippen LogP contribution in [0.4, 0.5) is 5.69 Å². The van der Waals surface area contributed by atoms with Gasteiger partial charge in [-0.15, -0.1) is 0 Å². The van der Waals surface area contributed by atoms with Crippen LogP contribution in [0.5, 0.6) is 0 Å². The highest BCUT2D eigenvalue weighted by atomic mass is 15.5. The summed E-state index contributed by atoms with van der Waals surface area (Å²) in [6, 6.07) is 33.4. The molecule has 34 heavy (non-hydrogen) atoms. The van der Waals surface area contributed by atoms with E-state index in [1.807, 2.05) is 71.7 Å². The molecule has 3 aromatic rings. The maximum Gasteiger partial charge on any atom is 0.153 e. The van der Waals surface area contributed by atoms with Crippen molar-refractivity contribution in [1.82, 2.24) is 0 Å². The number of allylic oxidation sites excluding steroid dienone is 2. The number of hydrogen-bond acceptors (Lipinski definition) is 6. The first-order chi connectivity index (χ1) is 16.6. The Kier molecular flexibility index (Phi) is 6.50. The number of hydrogen-bond donors (Lipinski definition) is 1. The van der Waals surface area contributed by atoms with Gasteiger partial charge in [-0.25, -0.2) is 0 Å². The Balaban J connectivity index is 1.69. The van der Waals surface area contributed by atoms with Crippen LogP contribution in [0, 0.1) is 34.0 Å². The van der Waals surface area contributed by atoms with E-state index in [0.29, 0.717) is 0 Å². The SMILES string of the molecule is N#CC(=Cc1ccc(N2N=C(c3ccccc3)CC2c2ccccc2)cc1)C(N)=C(C#N)C#N. The Labute approximate surface area is 198 Å². The average molecular weight is 441 g/mol. The van der Waals surface area contributed by atoms with E-state index in [-0.39, 0.29) is 22.9 Å². The minimum Gasteiger partial charge on any atom is -0.396 e. The van der Waals surface area contributed by atoms with Crippen LogP contribution in [-0.2, 0) is 0 Å². The molecule has 0 radical (unpaired) electrons. The van der Waals surface area contributed by atoms with E-state index < -0.39 is 0 Å². The minimum absolute atomic E-state index is 0.0554. The first-order valence-electron chi connectivity index (χ1n) is 10.6. The lowest BCUT2D eigenvalue weighted by molar-refractivity contribution is 0.709. The Morgan fingerprint density at radius 2 is 1.47 bits per heavy atom. The molecule has 0 saturated heterocycles. The molecular weight excluding hydrogens is 420 g/mol. The molecule has 0 saturated carbocycles. The van der Waals surface area contributed by atoms with Gasteiger partial charge in [0.2, 0.25) is 0 Å². The molecule has 1 unspecified atom stereocenters. The molecule has 1 heterocycles. The van der Waals surface area contributed by atoms with Gasteiger partial charge in [-0.3, -0.25) is 5.01 Å². The molecule has 4 rings (SSSR count). The van der Waals surface area contributed by atoms with Crippen molar-refractivity contribution < 1.29 is 0 Å². The van der Waals surface area contributed by atoms with Crippen molar-refractivity contribution >= 4 is 17.5 Å². The van der Waals surface area contributed by atoms with Crippen molar-refractivity contribution in [2.24, 2.45) is 10.8 Å². The van der Waals surface area contributed by atoms with Gasteiger partial charge in [-0.2, -0.15) is 20.9 Å². The Morgan fingerprint density at radius 3 is 2.06 bits per heavy atom. The van der Waals surface area contributed by atoms with Crippen LogP contribution < -0.4 is 10.7 Å². The van der Waals surface area contributed by atoms with Gasteiger partial charge in [0.1, 0.15) is 18.2 Å². The van der Waals surface area contributed by atoms with E-state index in [4.69, 9.17) is 21.4 Å². The third-order valence-corrected chi connectivity index (χ3v) is 5.57. The van der Waals surface area contributed by atoms with Crippen LogP contribution in [0.3, 0.4) is 0 Å². The lowest BCUT2D eigenvalue weighted by Gasteiger charge is -2.24. The van der Waals surface area contributed by atoms with Crippen molar-refractivity contribution in [3.8, 4) is 18.2 Å². The molecule has 0 spiro atoms. The molecule has 6 heteroatoms. The molecule has 3 aromatic carbocycles. The van der Waals surface area contributed by atoms with Crippen LogP contribution in [-0.4, -0.2) is 5.71 Å². The average Bonchev–Trinajstić information content (AvgIpc) is 3.35. The number of nitrogens with two attached hydrogens (primary N) is 1.